The molecule has 0 aromatic rings. The van der Waals surface area contributed by atoms with E-state index in [9.17, 15) is 9.59 Å². The fourth-order valence-electron chi connectivity index (χ4n) is 6.68. The number of esters is 2. The summed E-state index contributed by atoms with van der Waals surface area (Å²) in [6, 6.07) is 0. The van der Waals surface area contributed by atoms with Crippen molar-refractivity contribution < 1.29 is 23.8 Å². The van der Waals surface area contributed by atoms with Crippen LogP contribution in [0.5, 0.6) is 0 Å². The second-order valence-corrected chi connectivity index (χ2v) is 16.3. The van der Waals surface area contributed by atoms with Crippen LogP contribution in [0.1, 0.15) is 226 Å². The predicted octanol–water partition coefficient (Wildman–Crippen LogP) is 16.9. The molecule has 5 nitrogen and oxygen atoms in total. The zero-order valence-electron chi connectivity index (χ0n) is 39.5. The molecule has 0 aliphatic rings. The minimum absolute atomic E-state index is 0.0625. The third-order valence-corrected chi connectivity index (χ3v) is 10.4. The summed E-state index contributed by atoms with van der Waals surface area (Å²) in [6.45, 7) is 7.63. The van der Waals surface area contributed by atoms with Gasteiger partial charge in [-0.3, -0.25) is 9.59 Å². The van der Waals surface area contributed by atoms with Crippen LogP contribution in [-0.4, -0.2) is 37.9 Å². The van der Waals surface area contributed by atoms with Crippen molar-refractivity contribution in [2.75, 3.05) is 19.8 Å². The SMILES string of the molecule is CC/C=C\C/C=C\C/C=C\C/C=C\C/C=C\CCCCCC(=O)OCC(COCCCCCCCCCC)OC(=O)CCCCCCCCC/C=C\C/C=C\CCCCC. The van der Waals surface area contributed by atoms with Crippen LogP contribution < -0.4 is 0 Å². The van der Waals surface area contributed by atoms with Crippen molar-refractivity contribution in [2.24, 2.45) is 0 Å². The van der Waals surface area contributed by atoms with E-state index in [-0.39, 0.29) is 25.2 Å². The smallest absolute Gasteiger partial charge is 0.306 e. The first-order valence-corrected chi connectivity index (χ1v) is 25.1. The molecule has 5 heteroatoms. The Labute approximate surface area is 371 Å². The summed E-state index contributed by atoms with van der Waals surface area (Å²) in [4.78, 5) is 25.3. The van der Waals surface area contributed by atoms with Gasteiger partial charge in [0.2, 0.25) is 0 Å². The molecule has 0 aliphatic carbocycles. The Morgan fingerprint density at radius 3 is 1.25 bits per heavy atom. The molecule has 1 unspecified atom stereocenters. The van der Waals surface area contributed by atoms with Crippen LogP contribution in [-0.2, 0) is 23.8 Å². The monoisotopic (exact) mass is 835 g/mol. The Hall–Kier alpha value is -2.92. The average Bonchev–Trinajstić information content (AvgIpc) is 3.25. The normalized spacial score (nSPS) is 12.9. The highest BCUT2D eigenvalue weighted by Crippen LogP contribution is 2.13. The molecule has 0 bridgehead atoms. The Kier molecular flexibility index (Phi) is 48.0. The van der Waals surface area contributed by atoms with Crippen molar-refractivity contribution in [3.05, 3.63) is 85.1 Å². The first-order chi connectivity index (χ1) is 29.6. The zero-order chi connectivity index (χ0) is 43.5. The molecule has 0 aromatic heterocycles. The Balaban J connectivity index is 4.25. The molecule has 0 heterocycles. The number of carbonyl (C=O) groups excluding carboxylic acids is 2. The Morgan fingerprint density at radius 1 is 0.383 bits per heavy atom. The van der Waals surface area contributed by atoms with E-state index < -0.39 is 6.10 Å². The third kappa shape index (κ3) is 47.8. The van der Waals surface area contributed by atoms with Crippen LogP contribution >= 0.6 is 0 Å². The second kappa shape index (κ2) is 50.4. The van der Waals surface area contributed by atoms with Gasteiger partial charge >= 0.3 is 11.9 Å². The van der Waals surface area contributed by atoms with Crippen LogP contribution in [0.25, 0.3) is 0 Å². The van der Waals surface area contributed by atoms with Gasteiger partial charge in [-0.25, -0.2) is 0 Å². The van der Waals surface area contributed by atoms with Gasteiger partial charge in [-0.2, -0.15) is 0 Å². The number of hydrogen-bond acceptors (Lipinski definition) is 5. The molecule has 0 aromatic carbocycles. The molecule has 0 saturated heterocycles. The number of hydrogen-bond donors (Lipinski definition) is 0. The van der Waals surface area contributed by atoms with Gasteiger partial charge in [0.25, 0.3) is 0 Å². The minimum atomic E-state index is -0.554. The van der Waals surface area contributed by atoms with Crippen LogP contribution in [0.3, 0.4) is 0 Å². The Morgan fingerprint density at radius 2 is 0.750 bits per heavy atom. The zero-order valence-corrected chi connectivity index (χ0v) is 39.5. The number of rotatable bonds is 45. The highest BCUT2D eigenvalue weighted by molar-refractivity contribution is 5.70. The summed E-state index contributed by atoms with van der Waals surface area (Å²) in [5.41, 5.74) is 0. The molecule has 0 radical (unpaired) electrons. The summed E-state index contributed by atoms with van der Waals surface area (Å²) in [6.07, 6.45) is 65.9. The maximum absolute atomic E-state index is 12.8. The van der Waals surface area contributed by atoms with Crippen molar-refractivity contribution in [1.82, 2.24) is 0 Å². The van der Waals surface area contributed by atoms with E-state index in [1.807, 2.05) is 0 Å². The molecule has 0 saturated carbocycles. The fraction of sp³-hybridized carbons (Fsp3) is 0.709. The van der Waals surface area contributed by atoms with Gasteiger partial charge in [-0.15, -0.1) is 0 Å². The maximum atomic E-state index is 12.8. The lowest BCUT2D eigenvalue weighted by molar-refractivity contribution is -0.163. The summed E-state index contributed by atoms with van der Waals surface area (Å²) < 4.78 is 17.3. The number of allylic oxidation sites excluding steroid dienone is 14. The lowest BCUT2D eigenvalue weighted by Gasteiger charge is -2.18. The number of unbranched alkanes of at least 4 members (excludes halogenated alkanes) is 20. The van der Waals surface area contributed by atoms with Crippen molar-refractivity contribution >= 4 is 11.9 Å². The number of ether oxygens (including phenoxy) is 3. The number of carbonyl (C=O) groups is 2. The molecule has 0 fully saturated rings. The second-order valence-electron chi connectivity index (χ2n) is 16.3. The van der Waals surface area contributed by atoms with E-state index in [2.05, 4.69) is 106 Å². The van der Waals surface area contributed by atoms with E-state index in [0.717, 1.165) is 96.3 Å². The van der Waals surface area contributed by atoms with Gasteiger partial charge in [0.05, 0.1) is 6.61 Å². The van der Waals surface area contributed by atoms with Crippen molar-refractivity contribution in [1.29, 1.82) is 0 Å². The largest absolute Gasteiger partial charge is 0.462 e. The van der Waals surface area contributed by atoms with E-state index >= 15 is 0 Å². The summed E-state index contributed by atoms with van der Waals surface area (Å²) in [5.74, 6) is -0.445. The third-order valence-electron chi connectivity index (χ3n) is 10.4. The molecule has 60 heavy (non-hydrogen) atoms. The van der Waals surface area contributed by atoms with Crippen molar-refractivity contribution in [2.45, 2.75) is 232 Å². The molecule has 0 aliphatic heterocycles. The van der Waals surface area contributed by atoms with Gasteiger partial charge in [0, 0.05) is 19.4 Å². The molecule has 0 spiro atoms. The average molecular weight is 835 g/mol. The summed E-state index contributed by atoms with van der Waals surface area (Å²) in [5, 5.41) is 0. The van der Waals surface area contributed by atoms with E-state index in [1.54, 1.807) is 0 Å². The standard InChI is InChI=1S/C55H94O5/c1-4-7-10-13-16-19-21-23-25-27-28-30-31-33-35-37-39-42-45-48-54(56)59-52-53(51-58-50-47-44-41-18-15-12-9-6-3)60-55(57)49-46-43-40-38-36-34-32-29-26-24-22-20-17-14-11-8-5-2/h7,10,16-17,19-20,23-26,28,30,33,35,53H,4-6,8-9,11-15,18,21-22,27,29,31-32,34,36-52H2,1-3H3/b10-7-,19-16-,20-17-,25-23-,26-24-,30-28-,35-33-. The lowest BCUT2D eigenvalue weighted by Crippen LogP contribution is -2.30. The Bertz CT molecular complexity index is 1130. The van der Waals surface area contributed by atoms with Gasteiger partial charge in [0.15, 0.2) is 6.10 Å². The topological polar surface area (TPSA) is 61.8 Å². The van der Waals surface area contributed by atoms with Crippen molar-refractivity contribution in [3.8, 4) is 0 Å². The molecule has 344 valence electrons. The van der Waals surface area contributed by atoms with Crippen LogP contribution in [0, 0.1) is 0 Å². The highest BCUT2D eigenvalue weighted by atomic mass is 16.6. The molecular formula is C55H94O5. The molecular weight excluding hydrogens is 741 g/mol. The van der Waals surface area contributed by atoms with Gasteiger partial charge in [-0.05, 0) is 96.3 Å². The van der Waals surface area contributed by atoms with Gasteiger partial charge in [-0.1, -0.05) is 202 Å². The summed E-state index contributed by atoms with van der Waals surface area (Å²) in [7, 11) is 0. The molecule has 1 atom stereocenters. The minimum Gasteiger partial charge on any atom is -0.462 e. The molecule has 0 amide bonds. The van der Waals surface area contributed by atoms with Crippen LogP contribution in [0.4, 0.5) is 0 Å². The highest BCUT2D eigenvalue weighted by Gasteiger charge is 2.17. The van der Waals surface area contributed by atoms with E-state index in [4.69, 9.17) is 14.2 Å². The van der Waals surface area contributed by atoms with E-state index in [1.165, 1.54) is 96.3 Å². The predicted molar refractivity (Wildman–Crippen MR) is 260 cm³/mol. The van der Waals surface area contributed by atoms with E-state index in [0.29, 0.717) is 19.4 Å². The van der Waals surface area contributed by atoms with Crippen LogP contribution in [0.2, 0.25) is 0 Å². The lowest BCUT2D eigenvalue weighted by atomic mass is 10.1. The van der Waals surface area contributed by atoms with Gasteiger partial charge in [0.1, 0.15) is 6.61 Å². The molecule has 0 rings (SSSR count). The summed E-state index contributed by atoms with van der Waals surface area (Å²) >= 11 is 0. The first-order valence-electron chi connectivity index (χ1n) is 25.1. The van der Waals surface area contributed by atoms with Crippen molar-refractivity contribution in [3.63, 3.8) is 0 Å². The maximum Gasteiger partial charge on any atom is 0.306 e. The first kappa shape index (κ1) is 57.1. The van der Waals surface area contributed by atoms with Crippen LogP contribution in [0.15, 0.2) is 85.1 Å². The van der Waals surface area contributed by atoms with Gasteiger partial charge < -0.3 is 14.2 Å². The molecule has 0 N–H and O–H groups in total. The fourth-order valence-corrected chi connectivity index (χ4v) is 6.68. The quantitative estimate of drug-likeness (QED) is 0.0347.